The number of nitrogens with two attached hydrogens (primary N) is 1. The summed E-state index contributed by atoms with van der Waals surface area (Å²) in [6.45, 7) is 3.55. The Morgan fingerprint density at radius 2 is 2.25 bits per heavy atom. The van der Waals surface area contributed by atoms with E-state index >= 15 is 0 Å². The Hall–Kier alpha value is -0.580. The van der Waals surface area contributed by atoms with E-state index in [9.17, 15) is 4.79 Å². The van der Waals surface area contributed by atoms with E-state index in [0.29, 0.717) is 17.1 Å². The summed E-state index contributed by atoms with van der Waals surface area (Å²) in [5.74, 6) is -0.237. The number of benzene rings is 1. The summed E-state index contributed by atoms with van der Waals surface area (Å²) in [5, 5.41) is 3.19. The summed E-state index contributed by atoms with van der Waals surface area (Å²) in [7, 11) is 0. The van der Waals surface area contributed by atoms with E-state index in [2.05, 4.69) is 21.2 Å². The lowest BCUT2D eigenvalue weighted by molar-refractivity contribution is -0.120. The Kier molecular flexibility index (Phi) is 4.35. The van der Waals surface area contributed by atoms with Crippen molar-refractivity contribution < 1.29 is 4.79 Å². The van der Waals surface area contributed by atoms with Crippen LogP contribution in [-0.2, 0) is 4.79 Å². The molecule has 0 spiro atoms. The van der Waals surface area contributed by atoms with E-state index in [1.165, 1.54) is 0 Å². The van der Waals surface area contributed by atoms with Crippen LogP contribution in [0.2, 0.25) is 5.02 Å². The summed E-state index contributed by atoms with van der Waals surface area (Å²) in [6.07, 6.45) is 0.562. The van der Waals surface area contributed by atoms with Gasteiger partial charge >= 0.3 is 0 Å². The minimum atomic E-state index is -0.879. The summed E-state index contributed by atoms with van der Waals surface area (Å²) in [5.41, 5.74) is 5.51. The van der Waals surface area contributed by atoms with Gasteiger partial charge in [-0.15, -0.1) is 0 Å². The van der Waals surface area contributed by atoms with E-state index in [1.54, 1.807) is 25.1 Å². The number of rotatable bonds is 3. The minimum Gasteiger partial charge on any atom is -0.323 e. The predicted octanol–water partition coefficient (Wildman–Crippen LogP) is 3.17. The highest BCUT2D eigenvalue weighted by atomic mass is 79.9. The van der Waals surface area contributed by atoms with E-state index < -0.39 is 5.54 Å². The molecular weight excluding hydrogens is 291 g/mol. The highest BCUT2D eigenvalue weighted by Crippen LogP contribution is 2.26. The molecule has 3 nitrogen and oxygen atoms in total. The van der Waals surface area contributed by atoms with Gasteiger partial charge in [-0.25, -0.2) is 0 Å². The molecule has 3 N–H and O–H groups in total. The Morgan fingerprint density at radius 3 is 2.75 bits per heavy atom. The van der Waals surface area contributed by atoms with Crippen LogP contribution in [0.5, 0.6) is 0 Å². The fourth-order valence-corrected chi connectivity index (χ4v) is 1.74. The molecule has 0 radical (unpaired) electrons. The van der Waals surface area contributed by atoms with Gasteiger partial charge < -0.3 is 11.1 Å². The lowest BCUT2D eigenvalue weighted by Gasteiger charge is -2.21. The van der Waals surface area contributed by atoms with Gasteiger partial charge in [0.2, 0.25) is 5.91 Å². The summed E-state index contributed by atoms with van der Waals surface area (Å²) < 4.78 is 0.863. The second kappa shape index (κ2) is 5.17. The van der Waals surface area contributed by atoms with Crippen LogP contribution in [-0.4, -0.2) is 11.4 Å². The van der Waals surface area contributed by atoms with Crippen molar-refractivity contribution >= 4 is 39.1 Å². The van der Waals surface area contributed by atoms with Gasteiger partial charge in [0.25, 0.3) is 0 Å². The van der Waals surface area contributed by atoms with Gasteiger partial charge in [-0.1, -0.05) is 34.5 Å². The Bertz CT molecular complexity index is 407. The predicted molar refractivity (Wildman–Crippen MR) is 70.7 cm³/mol. The molecule has 1 aromatic rings. The van der Waals surface area contributed by atoms with Crippen LogP contribution < -0.4 is 11.1 Å². The summed E-state index contributed by atoms with van der Waals surface area (Å²) in [4.78, 5) is 11.8. The molecule has 0 aliphatic heterocycles. The number of hydrogen-bond donors (Lipinski definition) is 2. The first-order valence-corrected chi connectivity index (χ1v) is 6.09. The van der Waals surface area contributed by atoms with Crippen LogP contribution >= 0.6 is 27.5 Å². The molecule has 16 heavy (non-hydrogen) atoms. The third kappa shape index (κ3) is 3.20. The smallest absolute Gasteiger partial charge is 0.244 e. The molecule has 0 aromatic heterocycles. The highest BCUT2D eigenvalue weighted by Gasteiger charge is 2.26. The molecule has 0 saturated carbocycles. The van der Waals surface area contributed by atoms with Crippen LogP contribution in [0.4, 0.5) is 5.69 Å². The largest absolute Gasteiger partial charge is 0.323 e. The molecule has 0 aliphatic carbocycles. The lowest BCUT2D eigenvalue weighted by Crippen LogP contribution is -2.47. The van der Waals surface area contributed by atoms with Gasteiger partial charge in [-0.3, -0.25) is 4.79 Å². The van der Waals surface area contributed by atoms with Crippen molar-refractivity contribution in [1.82, 2.24) is 0 Å². The van der Waals surface area contributed by atoms with Crippen molar-refractivity contribution in [3.8, 4) is 0 Å². The number of anilines is 1. The molecule has 5 heteroatoms. The third-order valence-corrected chi connectivity index (χ3v) is 3.24. The molecule has 0 fully saturated rings. The van der Waals surface area contributed by atoms with Gasteiger partial charge in [-0.2, -0.15) is 0 Å². The van der Waals surface area contributed by atoms with Crippen molar-refractivity contribution in [2.75, 3.05) is 5.32 Å². The summed E-state index contributed by atoms with van der Waals surface area (Å²) in [6, 6.07) is 5.26. The van der Waals surface area contributed by atoms with E-state index in [1.807, 2.05) is 6.92 Å². The van der Waals surface area contributed by atoms with Gasteiger partial charge in [-0.05, 0) is 31.5 Å². The van der Waals surface area contributed by atoms with Crippen LogP contribution in [0.3, 0.4) is 0 Å². The first-order chi connectivity index (χ1) is 7.36. The van der Waals surface area contributed by atoms with Crippen molar-refractivity contribution in [1.29, 1.82) is 0 Å². The van der Waals surface area contributed by atoms with Crippen molar-refractivity contribution in [3.63, 3.8) is 0 Å². The van der Waals surface area contributed by atoms with Crippen LogP contribution in [0, 0.1) is 0 Å². The van der Waals surface area contributed by atoms with E-state index in [0.717, 1.165) is 4.47 Å². The molecule has 0 bridgehead atoms. The molecule has 1 aromatic carbocycles. The van der Waals surface area contributed by atoms with Crippen molar-refractivity contribution in [2.24, 2.45) is 5.73 Å². The zero-order valence-corrected chi connectivity index (χ0v) is 11.5. The maximum Gasteiger partial charge on any atom is 0.244 e. The van der Waals surface area contributed by atoms with Gasteiger partial charge in [0, 0.05) is 4.47 Å². The van der Waals surface area contributed by atoms with Gasteiger partial charge in [0.15, 0.2) is 0 Å². The average molecular weight is 306 g/mol. The third-order valence-electron chi connectivity index (χ3n) is 2.43. The maximum absolute atomic E-state index is 11.8. The number of hydrogen-bond acceptors (Lipinski definition) is 2. The standard InChI is InChI=1S/C11H14BrClN2O/c1-3-11(2,14)10(16)15-9-5-4-7(12)6-8(9)13/h4-6H,3,14H2,1-2H3,(H,15,16). The highest BCUT2D eigenvalue weighted by molar-refractivity contribution is 9.10. The van der Waals surface area contributed by atoms with Crippen LogP contribution in [0.1, 0.15) is 20.3 Å². The number of halogens is 2. The lowest BCUT2D eigenvalue weighted by atomic mass is 9.99. The number of carbonyl (C=O) groups is 1. The number of amides is 1. The molecule has 1 atom stereocenters. The Morgan fingerprint density at radius 1 is 1.62 bits per heavy atom. The first-order valence-electron chi connectivity index (χ1n) is 4.92. The normalized spacial score (nSPS) is 14.3. The molecule has 1 rings (SSSR count). The quantitative estimate of drug-likeness (QED) is 0.901. The second-order valence-corrected chi connectivity index (χ2v) is 5.17. The fourth-order valence-electron chi connectivity index (χ4n) is 1.02. The monoisotopic (exact) mass is 304 g/mol. The van der Waals surface area contributed by atoms with E-state index in [-0.39, 0.29) is 5.91 Å². The maximum atomic E-state index is 11.8. The summed E-state index contributed by atoms with van der Waals surface area (Å²) >= 11 is 9.28. The Labute approximate surface area is 108 Å². The fraction of sp³-hybridized carbons (Fsp3) is 0.364. The SMILES string of the molecule is CCC(C)(N)C(=O)Nc1ccc(Br)cc1Cl. The molecular formula is C11H14BrClN2O. The molecule has 0 heterocycles. The molecule has 0 saturated heterocycles. The van der Waals surface area contributed by atoms with Crippen molar-refractivity contribution in [2.45, 2.75) is 25.8 Å². The topological polar surface area (TPSA) is 55.1 Å². The average Bonchev–Trinajstić information content (AvgIpc) is 2.22. The molecule has 1 unspecified atom stereocenters. The van der Waals surface area contributed by atoms with Gasteiger partial charge in [0.1, 0.15) is 0 Å². The zero-order valence-electron chi connectivity index (χ0n) is 9.18. The minimum absolute atomic E-state index is 0.237. The van der Waals surface area contributed by atoms with Crippen LogP contribution in [0.25, 0.3) is 0 Å². The van der Waals surface area contributed by atoms with Crippen molar-refractivity contribution in [3.05, 3.63) is 27.7 Å². The number of carbonyl (C=O) groups excluding carboxylic acids is 1. The second-order valence-electron chi connectivity index (χ2n) is 3.85. The molecule has 0 aliphatic rings. The number of nitrogens with one attached hydrogen (secondary N) is 1. The molecule has 1 amide bonds. The molecule has 88 valence electrons. The van der Waals surface area contributed by atoms with Crippen LogP contribution in [0.15, 0.2) is 22.7 Å². The Balaban J connectivity index is 2.85. The first kappa shape index (κ1) is 13.5. The van der Waals surface area contributed by atoms with Gasteiger partial charge in [0.05, 0.1) is 16.2 Å². The van der Waals surface area contributed by atoms with E-state index in [4.69, 9.17) is 17.3 Å². The zero-order chi connectivity index (χ0) is 12.3.